The van der Waals surface area contributed by atoms with E-state index in [9.17, 15) is 0 Å². The van der Waals surface area contributed by atoms with Crippen molar-refractivity contribution in [2.24, 2.45) is 4.99 Å². The maximum Gasteiger partial charge on any atom is 0.0397 e. The molecule has 2 N–H and O–H groups in total. The van der Waals surface area contributed by atoms with Gasteiger partial charge in [-0.05, 0) is 98.4 Å². The number of nitrogens with zero attached hydrogens (tertiary/aromatic N) is 1. The molecule has 0 fully saturated rings. The number of hydrogen-bond donors (Lipinski definition) is 2. The Balaban J connectivity index is 0.000000725. The van der Waals surface area contributed by atoms with Gasteiger partial charge in [-0.2, -0.15) is 0 Å². The zero-order valence-electron chi connectivity index (χ0n) is 26.2. The molecule has 3 rings (SSSR count). The smallest absolute Gasteiger partial charge is 0.0397 e. The van der Waals surface area contributed by atoms with Crippen molar-refractivity contribution in [3.8, 4) is 12.3 Å². The molecule has 0 spiro atoms. The second-order valence-electron chi connectivity index (χ2n) is 9.61. The lowest BCUT2D eigenvalue weighted by atomic mass is 10.0. The molecule has 0 aliphatic carbocycles. The van der Waals surface area contributed by atoms with E-state index in [4.69, 9.17) is 6.42 Å². The highest BCUT2D eigenvalue weighted by atomic mass is 14.9. The summed E-state index contributed by atoms with van der Waals surface area (Å²) in [6.07, 6.45) is 9.37. The number of terminal acetylenes is 1. The summed E-state index contributed by atoms with van der Waals surface area (Å²) in [6, 6.07) is 24.4. The Labute approximate surface area is 249 Å². The first-order chi connectivity index (χ1) is 19.6. The summed E-state index contributed by atoms with van der Waals surface area (Å²) in [4.78, 5) is 3.87. The Hall–Kier alpha value is -4.55. The molecule has 0 aliphatic heterocycles. The molecular weight excluding hydrogens is 498 g/mol. The Morgan fingerprint density at radius 3 is 2.02 bits per heavy atom. The van der Waals surface area contributed by atoms with E-state index in [2.05, 4.69) is 112 Å². The van der Waals surface area contributed by atoms with Gasteiger partial charge in [0.15, 0.2) is 0 Å². The minimum absolute atomic E-state index is 0.748. The molecular formula is C38H47N3. The highest BCUT2D eigenvalue weighted by Gasteiger charge is 2.02. The Morgan fingerprint density at radius 2 is 1.51 bits per heavy atom. The van der Waals surface area contributed by atoms with Gasteiger partial charge in [0.2, 0.25) is 0 Å². The fourth-order valence-electron chi connectivity index (χ4n) is 3.61. The summed E-state index contributed by atoms with van der Waals surface area (Å²) in [7, 11) is 1.78. The van der Waals surface area contributed by atoms with Crippen molar-refractivity contribution in [3.63, 3.8) is 0 Å². The van der Waals surface area contributed by atoms with Crippen molar-refractivity contribution in [2.45, 2.75) is 55.0 Å². The molecule has 3 nitrogen and oxygen atoms in total. The third-order valence-electron chi connectivity index (χ3n) is 6.21. The minimum Gasteiger partial charge on any atom is -0.384 e. The van der Waals surface area contributed by atoms with Crippen LogP contribution in [0.1, 0.15) is 69.4 Å². The van der Waals surface area contributed by atoms with Gasteiger partial charge in [0.05, 0.1) is 0 Å². The van der Waals surface area contributed by atoms with E-state index in [0.29, 0.717) is 0 Å². The van der Waals surface area contributed by atoms with Crippen LogP contribution in [0.3, 0.4) is 0 Å². The van der Waals surface area contributed by atoms with Crippen molar-refractivity contribution < 1.29 is 0 Å². The van der Waals surface area contributed by atoms with Crippen LogP contribution in [0.2, 0.25) is 0 Å². The predicted molar refractivity (Wildman–Crippen MR) is 184 cm³/mol. The van der Waals surface area contributed by atoms with E-state index < -0.39 is 0 Å². The van der Waals surface area contributed by atoms with Crippen LogP contribution in [0.15, 0.2) is 114 Å². The van der Waals surface area contributed by atoms with Crippen molar-refractivity contribution in [1.29, 1.82) is 0 Å². The summed E-state index contributed by atoms with van der Waals surface area (Å²) in [5, 5.41) is 6.81. The molecule has 0 saturated heterocycles. The molecule has 0 heterocycles. The maximum atomic E-state index is 5.41. The zero-order chi connectivity index (χ0) is 30.8. The SMILES string of the molecule is C#Cc1ccc(C(=C)Nc2ccc(CN/C(C)=C/C(=C)c3ccccc3C)cc2)cc1.CC.CN=CC(C)=C(C)C. The first-order valence-electron chi connectivity index (χ1n) is 14.0. The second kappa shape index (κ2) is 18.7. The van der Waals surface area contributed by atoms with Gasteiger partial charge in [-0.3, -0.25) is 4.99 Å². The highest BCUT2D eigenvalue weighted by Crippen LogP contribution is 2.20. The van der Waals surface area contributed by atoms with Crippen molar-refractivity contribution >= 4 is 23.2 Å². The first kappa shape index (κ1) is 34.5. The van der Waals surface area contributed by atoms with E-state index in [1.165, 1.54) is 27.8 Å². The fourth-order valence-corrected chi connectivity index (χ4v) is 3.61. The zero-order valence-corrected chi connectivity index (χ0v) is 26.2. The number of hydrogen-bond acceptors (Lipinski definition) is 3. The van der Waals surface area contributed by atoms with E-state index in [-0.39, 0.29) is 0 Å². The Kier molecular flexibility index (Phi) is 15.7. The molecule has 3 heteroatoms. The second-order valence-corrected chi connectivity index (χ2v) is 9.61. The molecule has 0 aromatic heterocycles. The van der Waals surface area contributed by atoms with E-state index in [0.717, 1.165) is 40.3 Å². The number of nitrogens with one attached hydrogen (secondary N) is 2. The van der Waals surface area contributed by atoms with Gasteiger partial charge < -0.3 is 10.6 Å². The van der Waals surface area contributed by atoms with Crippen molar-refractivity contribution in [1.82, 2.24) is 5.32 Å². The first-order valence-corrected chi connectivity index (χ1v) is 14.0. The largest absolute Gasteiger partial charge is 0.384 e. The number of anilines is 1. The van der Waals surface area contributed by atoms with Gasteiger partial charge in [0.25, 0.3) is 0 Å². The molecule has 0 aliphatic rings. The average Bonchev–Trinajstić information content (AvgIpc) is 2.98. The lowest BCUT2D eigenvalue weighted by molar-refractivity contribution is 0.813. The van der Waals surface area contributed by atoms with Gasteiger partial charge in [0.1, 0.15) is 0 Å². The summed E-state index contributed by atoms with van der Waals surface area (Å²) in [5.41, 5.74) is 12.0. The topological polar surface area (TPSA) is 36.4 Å². The molecule has 3 aromatic rings. The highest BCUT2D eigenvalue weighted by molar-refractivity contribution is 5.78. The normalized spacial score (nSPS) is 10.3. The van der Waals surface area contributed by atoms with Crippen LogP contribution in [-0.4, -0.2) is 13.3 Å². The molecule has 0 bridgehead atoms. The summed E-state index contributed by atoms with van der Waals surface area (Å²) >= 11 is 0. The van der Waals surface area contributed by atoms with Crippen LogP contribution in [0.5, 0.6) is 0 Å². The Morgan fingerprint density at radius 1 is 0.902 bits per heavy atom. The summed E-state index contributed by atoms with van der Waals surface area (Å²) < 4.78 is 0. The summed E-state index contributed by atoms with van der Waals surface area (Å²) in [5.74, 6) is 2.63. The lowest BCUT2D eigenvalue weighted by Crippen LogP contribution is -2.10. The van der Waals surface area contributed by atoms with E-state index in [1.807, 2.05) is 56.5 Å². The molecule has 41 heavy (non-hydrogen) atoms. The molecule has 0 amide bonds. The van der Waals surface area contributed by atoms with Gasteiger partial charge in [-0.25, -0.2) is 0 Å². The molecule has 0 saturated carbocycles. The third-order valence-corrected chi connectivity index (χ3v) is 6.21. The lowest BCUT2D eigenvalue weighted by Gasteiger charge is -2.12. The third kappa shape index (κ3) is 12.4. The number of rotatable bonds is 9. The summed E-state index contributed by atoms with van der Waals surface area (Å²) in [6.45, 7) is 23.5. The molecule has 0 radical (unpaired) electrons. The van der Waals surface area contributed by atoms with Gasteiger partial charge in [0, 0.05) is 42.5 Å². The van der Waals surface area contributed by atoms with Crippen LogP contribution >= 0.6 is 0 Å². The standard InChI is InChI=1S/C29H28N2.C7H13N.C2H6/c1-6-25-11-15-27(16-12-25)24(5)31-28-17-13-26(14-18-28)20-30-23(4)19-22(3)29-10-8-7-9-21(29)2;1-6(2)7(3)5-8-4;1-2/h1,7-19,30-31H,3,5,20H2,2,4H3;5H,1-4H3;1-2H3/b23-19+;;. The predicted octanol–water partition coefficient (Wildman–Crippen LogP) is 9.84. The van der Waals surface area contributed by atoms with Gasteiger partial charge in [-0.15, -0.1) is 6.42 Å². The van der Waals surface area contributed by atoms with Crippen molar-refractivity contribution in [3.05, 3.63) is 137 Å². The minimum atomic E-state index is 0.748. The van der Waals surface area contributed by atoms with Gasteiger partial charge in [-0.1, -0.05) is 87.0 Å². The molecule has 214 valence electrons. The average molecular weight is 546 g/mol. The number of aryl methyl sites for hydroxylation is 1. The van der Waals surface area contributed by atoms with E-state index in [1.54, 1.807) is 7.05 Å². The van der Waals surface area contributed by atoms with Crippen LogP contribution in [0, 0.1) is 19.3 Å². The maximum absolute atomic E-state index is 5.41. The number of aliphatic imine (C=N–C) groups is 1. The molecule has 0 atom stereocenters. The van der Waals surface area contributed by atoms with Crippen LogP contribution < -0.4 is 10.6 Å². The number of allylic oxidation sites excluding steroid dienone is 5. The number of benzene rings is 3. The fraction of sp³-hybridized carbons (Fsp3) is 0.237. The molecule has 0 unspecified atom stereocenters. The van der Waals surface area contributed by atoms with E-state index >= 15 is 0 Å². The quantitative estimate of drug-likeness (QED) is 0.159. The monoisotopic (exact) mass is 545 g/mol. The van der Waals surface area contributed by atoms with Crippen LogP contribution in [-0.2, 0) is 6.54 Å². The van der Waals surface area contributed by atoms with Crippen LogP contribution in [0.4, 0.5) is 5.69 Å². The Bertz CT molecular complexity index is 1390. The van der Waals surface area contributed by atoms with Gasteiger partial charge >= 0.3 is 0 Å². The van der Waals surface area contributed by atoms with Crippen LogP contribution in [0.25, 0.3) is 11.3 Å². The van der Waals surface area contributed by atoms with Crippen molar-refractivity contribution in [2.75, 3.05) is 12.4 Å². The molecule has 3 aromatic carbocycles.